The van der Waals surface area contributed by atoms with Gasteiger partial charge in [0.1, 0.15) is 0 Å². The molecule has 0 amide bonds. The molecule has 1 rings (SSSR count). The van der Waals surface area contributed by atoms with E-state index in [0.29, 0.717) is 6.61 Å². The first-order chi connectivity index (χ1) is 9.99. The molecule has 0 aliphatic rings. The summed E-state index contributed by atoms with van der Waals surface area (Å²) in [7, 11) is 3.77. The zero-order chi connectivity index (χ0) is 15.8. The van der Waals surface area contributed by atoms with E-state index in [9.17, 15) is 0 Å². The highest BCUT2D eigenvalue weighted by Crippen LogP contribution is 2.13. The van der Waals surface area contributed by atoms with Crippen molar-refractivity contribution in [1.29, 1.82) is 0 Å². The van der Waals surface area contributed by atoms with Gasteiger partial charge in [-0.2, -0.15) is 5.10 Å². The van der Waals surface area contributed by atoms with Crippen LogP contribution in [0.5, 0.6) is 0 Å². The number of aromatic nitrogens is 2. The summed E-state index contributed by atoms with van der Waals surface area (Å²) in [4.78, 5) is 4.24. The summed E-state index contributed by atoms with van der Waals surface area (Å²) in [5.41, 5.74) is 3.63. The van der Waals surface area contributed by atoms with Crippen LogP contribution in [0.3, 0.4) is 0 Å². The number of halogens is 1. The van der Waals surface area contributed by atoms with Gasteiger partial charge < -0.3 is 15.4 Å². The molecule has 128 valence electrons. The zero-order valence-corrected chi connectivity index (χ0v) is 16.9. The van der Waals surface area contributed by atoms with Crippen LogP contribution in [-0.2, 0) is 18.2 Å². The summed E-state index contributed by atoms with van der Waals surface area (Å²) in [5, 5.41) is 11.1. The van der Waals surface area contributed by atoms with E-state index in [1.165, 1.54) is 11.3 Å². The van der Waals surface area contributed by atoms with Crippen molar-refractivity contribution in [3.8, 4) is 0 Å². The molecule has 1 heterocycles. The number of aryl methyl sites for hydroxylation is 2. The molecule has 0 saturated heterocycles. The summed E-state index contributed by atoms with van der Waals surface area (Å²) >= 11 is 0. The number of aliphatic imine (C=N–C) groups is 1. The Morgan fingerprint density at radius 2 is 2.09 bits per heavy atom. The van der Waals surface area contributed by atoms with Gasteiger partial charge in [0.05, 0.1) is 12.3 Å². The molecule has 7 heteroatoms. The summed E-state index contributed by atoms with van der Waals surface area (Å²) < 4.78 is 7.24. The van der Waals surface area contributed by atoms with E-state index in [0.717, 1.165) is 31.2 Å². The van der Waals surface area contributed by atoms with E-state index in [-0.39, 0.29) is 30.0 Å². The molecule has 0 radical (unpaired) electrons. The molecule has 1 atom stereocenters. The third-order valence-electron chi connectivity index (χ3n) is 3.52. The minimum atomic E-state index is 0. The van der Waals surface area contributed by atoms with Crippen molar-refractivity contribution in [1.82, 2.24) is 20.4 Å². The summed E-state index contributed by atoms with van der Waals surface area (Å²) in [5.74, 6) is 0.807. The molecule has 0 aromatic carbocycles. The minimum Gasteiger partial charge on any atom is -0.380 e. The largest absolute Gasteiger partial charge is 0.380 e. The number of hydrogen-bond donors (Lipinski definition) is 2. The average molecular weight is 423 g/mol. The van der Waals surface area contributed by atoms with Gasteiger partial charge in [-0.1, -0.05) is 0 Å². The molecular formula is C15H30IN5O. The molecule has 6 nitrogen and oxygen atoms in total. The first-order valence-electron chi connectivity index (χ1n) is 7.53. The first-order valence-corrected chi connectivity index (χ1v) is 7.53. The number of hydrogen-bond acceptors (Lipinski definition) is 3. The van der Waals surface area contributed by atoms with Crippen molar-refractivity contribution < 1.29 is 4.74 Å². The topological polar surface area (TPSA) is 63.5 Å². The molecule has 0 bridgehead atoms. The fraction of sp³-hybridized carbons (Fsp3) is 0.733. The third-order valence-corrected chi connectivity index (χ3v) is 3.52. The van der Waals surface area contributed by atoms with Gasteiger partial charge in [0, 0.05) is 39.0 Å². The Balaban J connectivity index is 0.00000441. The van der Waals surface area contributed by atoms with Crippen LogP contribution in [-0.4, -0.2) is 48.6 Å². The van der Waals surface area contributed by atoms with Crippen molar-refractivity contribution in [2.45, 2.75) is 40.2 Å². The van der Waals surface area contributed by atoms with Crippen molar-refractivity contribution in [2.75, 3.05) is 26.8 Å². The lowest BCUT2D eigenvalue weighted by Crippen LogP contribution is -2.44. The molecule has 0 aliphatic heterocycles. The third kappa shape index (κ3) is 6.51. The SMILES string of the molecule is CCOCCNC(=NC)NC(C)Cc1c(C)nn(C)c1C.I. The van der Waals surface area contributed by atoms with Gasteiger partial charge in [-0.25, -0.2) is 0 Å². The quantitative estimate of drug-likeness (QED) is 0.304. The Morgan fingerprint density at radius 3 is 2.59 bits per heavy atom. The Bertz CT molecular complexity index is 473. The second-order valence-corrected chi connectivity index (χ2v) is 5.22. The molecule has 0 fully saturated rings. The zero-order valence-electron chi connectivity index (χ0n) is 14.6. The molecule has 1 aromatic rings. The second kappa shape index (κ2) is 10.8. The number of guanidine groups is 1. The molecule has 1 unspecified atom stereocenters. The van der Waals surface area contributed by atoms with Crippen molar-refractivity contribution in [3.63, 3.8) is 0 Å². The predicted molar refractivity (Wildman–Crippen MR) is 102 cm³/mol. The van der Waals surface area contributed by atoms with Crippen LogP contribution >= 0.6 is 24.0 Å². The average Bonchev–Trinajstić information content (AvgIpc) is 2.68. The van der Waals surface area contributed by atoms with E-state index >= 15 is 0 Å². The second-order valence-electron chi connectivity index (χ2n) is 5.22. The monoisotopic (exact) mass is 423 g/mol. The highest BCUT2D eigenvalue weighted by molar-refractivity contribution is 14.0. The molecule has 0 saturated carbocycles. The fourth-order valence-corrected chi connectivity index (χ4v) is 2.28. The number of nitrogens with one attached hydrogen (secondary N) is 2. The van der Waals surface area contributed by atoms with Crippen LogP contribution in [0.1, 0.15) is 30.8 Å². The van der Waals surface area contributed by atoms with Gasteiger partial charge in [0.2, 0.25) is 0 Å². The van der Waals surface area contributed by atoms with Crippen LogP contribution in [0.4, 0.5) is 0 Å². The van der Waals surface area contributed by atoms with Crippen molar-refractivity contribution >= 4 is 29.9 Å². The van der Waals surface area contributed by atoms with Gasteiger partial charge in [0.25, 0.3) is 0 Å². The van der Waals surface area contributed by atoms with Gasteiger partial charge in [-0.15, -0.1) is 24.0 Å². The van der Waals surface area contributed by atoms with Crippen molar-refractivity contribution in [2.24, 2.45) is 12.0 Å². The lowest BCUT2D eigenvalue weighted by atomic mass is 10.1. The highest BCUT2D eigenvalue weighted by atomic mass is 127. The van der Waals surface area contributed by atoms with Crippen LogP contribution < -0.4 is 10.6 Å². The number of ether oxygens (including phenoxy) is 1. The van der Waals surface area contributed by atoms with Crippen LogP contribution in [0, 0.1) is 13.8 Å². The first kappa shape index (κ1) is 21.2. The normalized spacial score (nSPS) is 12.7. The van der Waals surface area contributed by atoms with Gasteiger partial charge in [-0.3, -0.25) is 9.67 Å². The summed E-state index contributed by atoms with van der Waals surface area (Å²) in [6.45, 7) is 10.5. The lowest BCUT2D eigenvalue weighted by Gasteiger charge is -2.18. The van der Waals surface area contributed by atoms with Crippen LogP contribution in [0.25, 0.3) is 0 Å². The molecule has 0 aliphatic carbocycles. The summed E-state index contributed by atoms with van der Waals surface area (Å²) in [6.07, 6.45) is 0.928. The smallest absolute Gasteiger partial charge is 0.191 e. The minimum absolute atomic E-state index is 0. The number of nitrogens with zero attached hydrogens (tertiary/aromatic N) is 3. The highest BCUT2D eigenvalue weighted by Gasteiger charge is 2.13. The van der Waals surface area contributed by atoms with E-state index in [2.05, 4.69) is 41.5 Å². The number of rotatable bonds is 7. The van der Waals surface area contributed by atoms with Gasteiger partial charge >= 0.3 is 0 Å². The van der Waals surface area contributed by atoms with Crippen molar-refractivity contribution in [3.05, 3.63) is 17.0 Å². The van der Waals surface area contributed by atoms with E-state index in [1.54, 1.807) is 7.05 Å². The Morgan fingerprint density at radius 1 is 1.41 bits per heavy atom. The molecule has 2 N–H and O–H groups in total. The van der Waals surface area contributed by atoms with E-state index in [1.807, 2.05) is 18.7 Å². The van der Waals surface area contributed by atoms with Crippen LogP contribution in [0.2, 0.25) is 0 Å². The van der Waals surface area contributed by atoms with Gasteiger partial charge in [-0.05, 0) is 39.7 Å². The van der Waals surface area contributed by atoms with Gasteiger partial charge in [0.15, 0.2) is 5.96 Å². The Hall–Kier alpha value is -0.830. The van der Waals surface area contributed by atoms with Crippen LogP contribution in [0.15, 0.2) is 4.99 Å². The standard InChI is InChI=1S/C15H29N5O.HI/c1-7-21-9-8-17-15(16-5)18-11(2)10-14-12(3)19-20(6)13(14)4;/h11H,7-10H2,1-6H3,(H2,16,17,18);1H. The summed E-state index contributed by atoms with van der Waals surface area (Å²) in [6, 6.07) is 0.282. The van der Waals surface area contributed by atoms with E-state index < -0.39 is 0 Å². The predicted octanol–water partition coefficient (Wildman–Crippen LogP) is 1.79. The fourth-order valence-electron chi connectivity index (χ4n) is 2.28. The Kier molecular flexibility index (Phi) is 10.4. The lowest BCUT2D eigenvalue weighted by molar-refractivity contribution is 0.152. The maximum Gasteiger partial charge on any atom is 0.191 e. The Labute approximate surface area is 151 Å². The molecule has 1 aromatic heterocycles. The maximum atomic E-state index is 5.31. The molecule has 0 spiro atoms. The molecular weight excluding hydrogens is 393 g/mol. The molecule has 22 heavy (non-hydrogen) atoms. The van der Waals surface area contributed by atoms with E-state index in [4.69, 9.17) is 4.74 Å². The maximum absolute atomic E-state index is 5.31.